The van der Waals surface area contributed by atoms with E-state index in [-0.39, 0.29) is 45.8 Å². The Balaban J connectivity index is 1.23. The van der Waals surface area contributed by atoms with E-state index >= 15 is 0 Å². The second-order valence-electron chi connectivity index (χ2n) is 14.3. The third kappa shape index (κ3) is 3.50. The molecule has 4 saturated carbocycles. The maximum absolute atomic E-state index is 13.3. The van der Waals surface area contributed by atoms with Gasteiger partial charge in [0.2, 0.25) is 0 Å². The van der Waals surface area contributed by atoms with Crippen molar-refractivity contribution >= 4 is 11.9 Å². The third-order valence-corrected chi connectivity index (χ3v) is 12.7. The van der Waals surface area contributed by atoms with Gasteiger partial charge >= 0.3 is 11.9 Å². The molecule has 5 aliphatic rings. The van der Waals surface area contributed by atoms with Gasteiger partial charge < -0.3 is 14.0 Å². The minimum atomic E-state index is -0.114. The normalized spacial score (nSPS) is 43.1. The molecule has 0 N–H and O–H groups in total. The molecule has 0 spiro atoms. The molecule has 5 heteroatoms. The Morgan fingerprint density at radius 2 is 1.12 bits per heavy atom. The number of likely N-dealkylation sites (tertiary alicyclic amines) is 1. The number of rotatable bonds is 6. The van der Waals surface area contributed by atoms with Crippen LogP contribution in [0.1, 0.15) is 99.3 Å². The van der Waals surface area contributed by atoms with Gasteiger partial charge in [0.25, 0.3) is 0 Å². The molecule has 0 aromatic carbocycles. The lowest BCUT2D eigenvalue weighted by Gasteiger charge is -2.42. The number of quaternary nitrogens is 1. The fourth-order valence-corrected chi connectivity index (χ4v) is 9.11. The summed E-state index contributed by atoms with van der Waals surface area (Å²) in [6.07, 6.45) is 10.1. The fourth-order valence-electron chi connectivity index (χ4n) is 9.11. The standard InChI is InChI=1S/C29H48NO4/c1-26(2)20-10-12-28(26,5)22(16-20)33-24(31)18-30(14-8-7-9-15-30)19-25(32)34-23-17-21-11-13-29(23,6)27(21,3)4/h20-23H,7-19H2,1-6H3/q+1/t20-,21+,22+,23-,28-,29+. The van der Waals surface area contributed by atoms with Crippen molar-refractivity contribution in [2.45, 2.75) is 112 Å². The van der Waals surface area contributed by atoms with Gasteiger partial charge in [-0.1, -0.05) is 41.5 Å². The van der Waals surface area contributed by atoms with Crippen molar-refractivity contribution in [1.82, 2.24) is 0 Å². The minimum Gasteiger partial charge on any atom is -0.458 e. The number of hydrogen-bond donors (Lipinski definition) is 0. The first kappa shape index (κ1) is 24.6. The van der Waals surface area contributed by atoms with E-state index in [9.17, 15) is 9.59 Å². The van der Waals surface area contributed by atoms with Gasteiger partial charge in [0.15, 0.2) is 13.1 Å². The average Bonchev–Trinajstić information content (AvgIpc) is 3.26. The van der Waals surface area contributed by atoms with Gasteiger partial charge in [-0.3, -0.25) is 0 Å². The first-order valence-electron chi connectivity index (χ1n) is 14.1. The zero-order chi connectivity index (χ0) is 24.6. The molecule has 0 radical (unpaired) electrons. The predicted molar refractivity (Wildman–Crippen MR) is 132 cm³/mol. The van der Waals surface area contributed by atoms with Gasteiger partial charge in [0.05, 0.1) is 13.1 Å². The van der Waals surface area contributed by atoms with Crippen LogP contribution in [0.15, 0.2) is 0 Å². The Morgan fingerprint density at radius 1 is 0.706 bits per heavy atom. The molecule has 192 valence electrons. The maximum Gasteiger partial charge on any atom is 0.362 e. The van der Waals surface area contributed by atoms with Crippen LogP contribution in [0.5, 0.6) is 0 Å². The van der Waals surface area contributed by atoms with Crippen LogP contribution in [-0.2, 0) is 19.1 Å². The number of nitrogens with zero attached hydrogens (tertiary/aromatic N) is 1. The number of hydrogen-bond acceptors (Lipinski definition) is 4. The number of carbonyl (C=O) groups is 2. The number of esters is 2. The van der Waals surface area contributed by atoms with Crippen molar-refractivity contribution in [2.24, 2.45) is 33.5 Å². The van der Waals surface area contributed by atoms with Crippen LogP contribution in [0.3, 0.4) is 0 Å². The minimum absolute atomic E-state index is 0.0155. The van der Waals surface area contributed by atoms with Crippen molar-refractivity contribution in [1.29, 1.82) is 0 Å². The molecule has 0 aromatic heterocycles. The average molecular weight is 475 g/mol. The summed E-state index contributed by atoms with van der Waals surface area (Å²) in [5.74, 6) is 1.07. The summed E-state index contributed by atoms with van der Waals surface area (Å²) in [6.45, 7) is 16.4. The van der Waals surface area contributed by atoms with Crippen LogP contribution in [0, 0.1) is 33.5 Å². The molecule has 0 amide bonds. The number of carbonyl (C=O) groups excluding carboxylic acids is 2. The second-order valence-corrected chi connectivity index (χ2v) is 14.3. The highest BCUT2D eigenvalue weighted by molar-refractivity contribution is 5.73. The summed E-state index contributed by atoms with van der Waals surface area (Å²) in [5.41, 5.74) is 0.597. The van der Waals surface area contributed by atoms with E-state index in [0.717, 1.165) is 51.6 Å². The quantitative estimate of drug-likeness (QED) is 0.377. The summed E-state index contributed by atoms with van der Waals surface area (Å²) in [7, 11) is 0. The molecule has 4 aliphatic carbocycles. The van der Waals surface area contributed by atoms with Gasteiger partial charge in [0.1, 0.15) is 12.2 Å². The molecule has 4 bridgehead atoms. The molecule has 1 heterocycles. The summed E-state index contributed by atoms with van der Waals surface area (Å²) < 4.78 is 12.9. The molecule has 34 heavy (non-hydrogen) atoms. The number of piperidine rings is 1. The number of fused-ring (bicyclic) bond motifs is 4. The molecule has 6 atom stereocenters. The molecule has 5 nitrogen and oxygen atoms in total. The van der Waals surface area contributed by atoms with Gasteiger partial charge in [0, 0.05) is 10.8 Å². The van der Waals surface area contributed by atoms with Crippen molar-refractivity contribution in [3.05, 3.63) is 0 Å². The highest BCUT2D eigenvalue weighted by atomic mass is 16.6. The molecular weight excluding hydrogens is 426 g/mol. The smallest absolute Gasteiger partial charge is 0.362 e. The Bertz CT molecular complexity index is 781. The van der Waals surface area contributed by atoms with E-state index in [2.05, 4.69) is 41.5 Å². The van der Waals surface area contributed by atoms with Crippen LogP contribution in [0.2, 0.25) is 0 Å². The fraction of sp³-hybridized carbons (Fsp3) is 0.931. The van der Waals surface area contributed by atoms with E-state index in [4.69, 9.17) is 9.47 Å². The lowest BCUT2D eigenvalue weighted by Crippen LogP contribution is -2.58. The predicted octanol–water partition coefficient (Wildman–Crippen LogP) is 5.50. The van der Waals surface area contributed by atoms with Crippen molar-refractivity contribution < 1.29 is 23.5 Å². The monoisotopic (exact) mass is 474 g/mol. The van der Waals surface area contributed by atoms with Crippen molar-refractivity contribution in [2.75, 3.05) is 26.2 Å². The second kappa shape index (κ2) is 7.95. The molecule has 5 rings (SSSR count). The summed E-state index contributed by atoms with van der Waals surface area (Å²) in [5, 5.41) is 0. The van der Waals surface area contributed by atoms with Gasteiger partial charge in [-0.2, -0.15) is 0 Å². The van der Waals surface area contributed by atoms with Crippen LogP contribution < -0.4 is 0 Å². The van der Waals surface area contributed by atoms with Crippen LogP contribution in [0.25, 0.3) is 0 Å². The Kier molecular flexibility index (Phi) is 5.75. The van der Waals surface area contributed by atoms with Crippen LogP contribution in [-0.4, -0.2) is 54.8 Å². The Hall–Kier alpha value is -1.10. The molecule has 5 fully saturated rings. The summed E-state index contributed by atoms with van der Waals surface area (Å²) >= 11 is 0. The summed E-state index contributed by atoms with van der Waals surface area (Å²) in [4.78, 5) is 26.6. The van der Waals surface area contributed by atoms with Gasteiger partial charge in [-0.05, 0) is 80.5 Å². The van der Waals surface area contributed by atoms with Crippen molar-refractivity contribution in [3.63, 3.8) is 0 Å². The Morgan fingerprint density at radius 3 is 1.44 bits per heavy atom. The molecule has 0 unspecified atom stereocenters. The van der Waals surface area contributed by atoms with E-state index < -0.39 is 0 Å². The maximum atomic E-state index is 13.3. The summed E-state index contributed by atoms with van der Waals surface area (Å²) in [6, 6.07) is 0. The van der Waals surface area contributed by atoms with E-state index in [1.165, 1.54) is 19.3 Å². The van der Waals surface area contributed by atoms with E-state index in [1.54, 1.807) is 0 Å². The van der Waals surface area contributed by atoms with Crippen LogP contribution >= 0.6 is 0 Å². The van der Waals surface area contributed by atoms with Gasteiger partial charge in [-0.15, -0.1) is 0 Å². The molecule has 1 aliphatic heterocycles. The molecule has 0 aromatic rings. The molecule has 1 saturated heterocycles. The van der Waals surface area contributed by atoms with Crippen LogP contribution in [0.4, 0.5) is 0 Å². The third-order valence-electron chi connectivity index (χ3n) is 12.7. The number of ether oxygens (including phenoxy) is 2. The van der Waals surface area contributed by atoms with E-state index in [0.29, 0.717) is 29.4 Å². The Labute approximate surface area is 206 Å². The highest BCUT2D eigenvalue weighted by Gasteiger charge is 2.64. The molecular formula is C29H48NO4+. The zero-order valence-corrected chi connectivity index (χ0v) is 22.6. The first-order chi connectivity index (χ1) is 15.8. The van der Waals surface area contributed by atoms with Gasteiger partial charge in [-0.25, -0.2) is 9.59 Å². The largest absolute Gasteiger partial charge is 0.458 e. The van der Waals surface area contributed by atoms with E-state index in [1.807, 2.05) is 0 Å². The zero-order valence-electron chi connectivity index (χ0n) is 22.6. The lowest BCUT2D eigenvalue weighted by atomic mass is 9.70. The first-order valence-corrected chi connectivity index (χ1v) is 14.1. The topological polar surface area (TPSA) is 52.6 Å². The lowest BCUT2D eigenvalue weighted by molar-refractivity contribution is -0.919. The SMILES string of the molecule is CC1(C)[C@H]2CC[C@@]1(C)[C@H](OC(=O)C[N+]1(CC(=O)O[C@H]3C[C@H]4CC[C@@]3(C)C4(C)C)CCCCC1)C2. The highest BCUT2D eigenvalue weighted by Crippen LogP contribution is 2.67. The van der Waals surface area contributed by atoms with Crippen molar-refractivity contribution in [3.8, 4) is 0 Å².